The molecule has 0 fully saturated rings. The third-order valence-corrected chi connectivity index (χ3v) is 2.79. The van der Waals surface area contributed by atoms with Gasteiger partial charge in [0.05, 0.1) is 0 Å². The van der Waals surface area contributed by atoms with Crippen molar-refractivity contribution in [1.29, 1.82) is 0 Å². The summed E-state index contributed by atoms with van der Waals surface area (Å²) in [5.74, 6) is 0. The Hall–Kier alpha value is -0.760. The number of fused-ring (bicyclic) bond motifs is 1. The molecule has 1 heterocycles. The highest BCUT2D eigenvalue weighted by molar-refractivity contribution is 9.09. The number of nitrogens with zero attached hydrogens (tertiary/aromatic N) is 1. The Bertz CT molecular complexity index is 443. The molecule has 2 aromatic rings. The first kappa shape index (κ1) is 9.78. The molecule has 1 aromatic carbocycles. The van der Waals surface area contributed by atoms with Crippen LogP contribution in [0.25, 0.3) is 10.9 Å². The quantitative estimate of drug-likeness (QED) is 0.721. The molecule has 0 bridgehead atoms. The summed E-state index contributed by atoms with van der Waals surface area (Å²) in [6.07, 6.45) is 3.19. The smallest absolute Gasteiger partial charge is 0.0480 e. The number of aromatic nitrogens is 1. The Labute approximate surface area is 92.9 Å². The summed E-state index contributed by atoms with van der Waals surface area (Å²) in [6, 6.07) is 8.82. The first-order valence-corrected chi connectivity index (χ1v) is 5.76. The van der Waals surface area contributed by atoms with Crippen LogP contribution in [-0.4, -0.2) is 9.39 Å². The highest BCUT2D eigenvalue weighted by Gasteiger charge is 2.02. The number of aryl methyl sites for hydroxylation is 1. The van der Waals surface area contributed by atoms with Crippen molar-refractivity contribution >= 4 is 26.8 Å². The first-order valence-electron chi connectivity index (χ1n) is 4.85. The van der Waals surface area contributed by atoms with Crippen molar-refractivity contribution < 1.29 is 0 Å². The Kier molecular flexibility index (Phi) is 2.64. The molecule has 0 spiro atoms. The van der Waals surface area contributed by atoms with Crippen molar-refractivity contribution in [2.24, 2.45) is 7.05 Å². The largest absolute Gasteiger partial charge is 0.351 e. The van der Waals surface area contributed by atoms with Gasteiger partial charge in [-0.3, -0.25) is 0 Å². The van der Waals surface area contributed by atoms with Crippen LogP contribution in [-0.2, 0) is 13.5 Å². The normalized spacial score (nSPS) is 13.4. The molecule has 74 valence electrons. The molecule has 0 aliphatic carbocycles. The standard InChI is InChI=1S/C12H14BrN/c1-9(13)7-10-3-4-11-5-6-14(2)12(11)8-10/h3-6,8-9H,7H2,1-2H3. The van der Waals surface area contributed by atoms with Gasteiger partial charge in [0.1, 0.15) is 0 Å². The van der Waals surface area contributed by atoms with Crippen molar-refractivity contribution in [1.82, 2.24) is 4.57 Å². The summed E-state index contributed by atoms with van der Waals surface area (Å²) in [6.45, 7) is 2.18. The molecule has 1 atom stereocenters. The van der Waals surface area contributed by atoms with Gasteiger partial charge in [-0.15, -0.1) is 0 Å². The van der Waals surface area contributed by atoms with E-state index in [4.69, 9.17) is 0 Å². The van der Waals surface area contributed by atoms with Gasteiger partial charge in [0.2, 0.25) is 0 Å². The molecule has 14 heavy (non-hydrogen) atoms. The average molecular weight is 252 g/mol. The van der Waals surface area contributed by atoms with Crippen LogP contribution < -0.4 is 0 Å². The van der Waals surface area contributed by atoms with Crippen LogP contribution in [0.15, 0.2) is 30.5 Å². The maximum atomic E-state index is 3.58. The number of rotatable bonds is 2. The van der Waals surface area contributed by atoms with E-state index in [1.165, 1.54) is 16.5 Å². The zero-order chi connectivity index (χ0) is 10.1. The minimum Gasteiger partial charge on any atom is -0.351 e. The number of hydrogen-bond acceptors (Lipinski definition) is 0. The second-order valence-corrected chi connectivity index (χ2v) is 5.37. The minimum atomic E-state index is 0.542. The van der Waals surface area contributed by atoms with Crippen molar-refractivity contribution in [2.75, 3.05) is 0 Å². The third-order valence-electron chi connectivity index (χ3n) is 2.47. The van der Waals surface area contributed by atoms with Crippen LogP contribution in [0.3, 0.4) is 0 Å². The summed E-state index contributed by atoms with van der Waals surface area (Å²) < 4.78 is 2.16. The molecular formula is C12H14BrN. The molecule has 0 amide bonds. The molecule has 0 saturated carbocycles. The van der Waals surface area contributed by atoms with Crippen LogP contribution in [0.4, 0.5) is 0 Å². The molecule has 1 nitrogen and oxygen atoms in total. The van der Waals surface area contributed by atoms with E-state index in [1.54, 1.807) is 0 Å². The molecule has 0 N–H and O–H groups in total. The number of benzene rings is 1. The maximum Gasteiger partial charge on any atom is 0.0480 e. The molecule has 0 aliphatic rings. The molecule has 2 heteroatoms. The molecular weight excluding hydrogens is 238 g/mol. The van der Waals surface area contributed by atoms with Gasteiger partial charge in [-0.05, 0) is 29.5 Å². The van der Waals surface area contributed by atoms with E-state index < -0.39 is 0 Å². The predicted molar refractivity (Wildman–Crippen MR) is 65.0 cm³/mol. The van der Waals surface area contributed by atoms with E-state index in [-0.39, 0.29) is 0 Å². The fraction of sp³-hybridized carbons (Fsp3) is 0.333. The monoisotopic (exact) mass is 251 g/mol. The lowest BCUT2D eigenvalue weighted by Gasteiger charge is -2.04. The minimum absolute atomic E-state index is 0.542. The Balaban J connectivity index is 2.44. The lowest BCUT2D eigenvalue weighted by molar-refractivity contribution is 0.947. The van der Waals surface area contributed by atoms with Crippen LogP contribution in [0.1, 0.15) is 12.5 Å². The number of hydrogen-bond donors (Lipinski definition) is 0. The highest BCUT2D eigenvalue weighted by Crippen LogP contribution is 2.18. The zero-order valence-electron chi connectivity index (χ0n) is 8.50. The molecule has 0 saturated heterocycles. The van der Waals surface area contributed by atoms with Crippen molar-refractivity contribution in [3.05, 3.63) is 36.0 Å². The SMILES string of the molecule is CC(Br)Cc1ccc2ccn(C)c2c1. The highest BCUT2D eigenvalue weighted by atomic mass is 79.9. The van der Waals surface area contributed by atoms with Crippen LogP contribution in [0.2, 0.25) is 0 Å². The lowest BCUT2D eigenvalue weighted by atomic mass is 10.1. The summed E-state index contributed by atoms with van der Waals surface area (Å²) in [4.78, 5) is 0.542. The average Bonchev–Trinajstić information content (AvgIpc) is 2.47. The van der Waals surface area contributed by atoms with Crippen molar-refractivity contribution in [3.8, 4) is 0 Å². The van der Waals surface area contributed by atoms with Gasteiger partial charge < -0.3 is 4.57 Å². The molecule has 0 aliphatic heterocycles. The van der Waals surface area contributed by atoms with E-state index in [9.17, 15) is 0 Å². The van der Waals surface area contributed by atoms with Crippen LogP contribution >= 0.6 is 15.9 Å². The van der Waals surface area contributed by atoms with Crippen molar-refractivity contribution in [2.45, 2.75) is 18.2 Å². The van der Waals surface area contributed by atoms with E-state index in [1.807, 2.05) is 0 Å². The maximum absolute atomic E-state index is 3.58. The molecule has 1 aromatic heterocycles. The zero-order valence-corrected chi connectivity index (χ0v) is 10.1. The first-order chi connectivity index (χ1) is 6.66. The van der Waals surface area contributed by atoms with E-state index in [0.29, 0.717) is 4.83 Å². The summed E-state index contributed by atoms with van der Waals surface area (Å²) >= 11 is 3.58. The van der Waals surface area contributed by atoms with Crippen molar-refractivity contribution in [3.63, 3.8) is 0 Å². The lowest BCUT2D eigenvalue weighted by Crippen LogP contribution is -1.96. The summed E-state index contributed by atoms with van der Waals surface area (Å²) in [5, 5.41) is 1.32. The van der Waals surface area contributed by atoms with Gasteiger partial charge in [-0.25, -0.2) is 0 Å². The number of alkyl halides is 1. The fourth-order valence-electron chi connectivity index (χ4n) is 1.76. The third kappa shape index (κ3) is 1.85. The van der Waals surface area contributed by atoms with Crippen LogP contribution in [0, 0.1) is 0 Å². The van der Waals surface area contributed by atoms with Gasteiger partial charge >= 0.3 is 0 Å². The van der Waals surface area contributed by atoms with Gasteiger partial charge in [0, 0.05) is 23.6 Å². The van der Waals surface area contributed by atoms with E-state index >= 15 is 0 Å². The Morgan fingerprint density at radius 3 is 2.86 bits per heavy atom. The summed E-state index contributed by atoms with van der Waals surface area (Å²) in [5.41, 5.74) is 2.71. The molecule has 0 radical (unpaired) electrons. The predicted octanol–water partition coefficient (Wildman–Crippen LogP) is 3.50. The van der Waals surface area contributed by atoms with Gasteiger partial charge in [-0.1, -0.05) is 35.0 Å². The van der Waals surface area contributed by atoms with Gasteiger partial charge in [0.15, 0.2) is 0 Å². The summed E-state index contributed by atoms with van der Waals surface area (Å²) in [7, 11) is 2.09. The van der Waals surface area contributed by atoms with Crippen LogP contribution in [0.5, 0.6) is 0 Å². The fourth-order valence-corrected chi connectivity index (χ4v) is 2.13. The topological polar surface area (TPSA) is 4.93 Å². The van der Waals surface area contributed by atoms with Gasteiger partial charge in [-0.2, -0.15) is 0 Å². The van der Waals surface area contributed by atoms with E-state index in [2.05, 4.69) is 64.9 Å². The Morgan fingerprint density at radius 2 is 2.14 bits per heavy atom. The second kappa shape index (κ2) is 3.77. The second-order valence-electron chi connectivity index (χ2n) is 3.80. The Morgan fingerprint density at radius 1 is 1.36 bits per heavy atom. The number of halogens is 1. The van der Waals surface area contributed by atoms with Gasteiger partial charge in [0.25, 0.3) is 0 Å². The van der Waals surface area contributed by atoms with E-state index in [0.717, 1.165) is 6.42 Å². The molecule has 2 rings (SSSR count). The molecule has 1 unspecified atom stereocenters.